The van der Waals surface area contributed by atoms with Gasteiger partial charge in [0.2, 0.25) is 0 Å². The van der Waals surface area contributed by atoms with Crippen LogP contribution in [0.5, 0.6) is 0 Å². The summed E-state index contributed by atoms with van der Waals surface area (Å²) in [4.78, 5) is 0. The molecular weight excluding hydrogens is 139 g/mol. The third-order valence-corrected chi connectivity index (χ3v) is 0.642. The average Bonchev–Trinajstić information content (AvgIpc) is 1.91. The Kier molecular flexibility index (Phi) is 35.1. The Bertz CT molecular complexity index is 41.6. The smallest absolute Gasteiger partial charge is 0.00750 e. The topological polar surface area (TPSA) is 76.1 Å². The highest BCUT2D eigenvalue weighted by molar-refractivity contribution is 5.75. The molecule has 4 nitrogen and oxygen atoms in total. The molecule has 0 bridgehead atoms. The quantitative estimate of drug-likeness (QED) is 0.281. The minimum absolute atomic E-state index is 0. The Morgan fingerprint density at radius 1 is 1.00 bits per heavy atom. The van der Waals surface area contributed by atoms with E-state index in [9.17, 15) is 0 Å². The Labute approximate surface area is 71.7 Å². The molecule has 0 spiro atoms. The summed E-state index contributed by atoms with van der Waals surface area (Å²) in [6.45, 7) is 3.13. The Morgan fingerprint density at radius 2 is 1.27 bits per heavy atom. The fraction of sp³-hybridized carbons (Fsp3) is 1.00. The van der Waals surface area contributed by atoms with Gasteiger partial charge in [0.05, 0.1) is 0 Å². The van der Waals surface area contributed by atoms with E-state index in [-0.39, 0.29) is 8.41 Å². The van der Waals surface area contributed by atoms with Gasteiger partial charge in [-0.15, -0.1) is 0 Å². The van der Waals surface area contributed by atoms with Crippen LogP contribution in [-0.2, 0) is 0 Å². The molecule has 0 heterocycles. The van der Waals surface area contributed by atoms with Crippen LogP contribution in [0, 0.1) is 0 Å². The van der Waals surface area contributed by atoms with Gasteiger partial charge >= 0.3 is 0 Å². The normalized spacial score (nSPS) is 7.64. The predicted octanol–water partition coefficient (Wildman–Crippen LogP) is -2.05. The lowest BCUT2D eigenvalue weighted by molar-refractivity contribution is 0.696. The molecule has 0 aromatic heterocycles. The van der Waals surface area contributed by atoms with Crippen LogP contribution >= 0.6 is 0 Å². The third-order valence-electron chi connectivity index (χ3n) is 0.642. The van der Waals surface area contributed by atoms with Crippen molar-refractivity contribution >= 4 is 8.41 Å². The molecule has 0 aliphatic heterocycles. The largest absolute Gasteiger partial charge is 0.329 e. The number of nitrogens with one attached hydrogen (secondary N) is 2. The van der Waals surface area contributed by atoms with Crippen molar-refractivity contribution in [3.8, 4) is 0 Å². The summed E-state index contributed by atoms with van der Waals surface area (Å²) < 4.78 is 0. The molecule has 5 heteroatoms. The van der Waals surface area contributed by atoms with E-state index >= 15 is 0 Å². The molecule has 0 amide bonds. The van der Waals surface area contributed by atoms with E-state index in [1.54, 1.807) is 0 Å². The van der Waals surface area contributed by atoms with E-state index in [0.29, 0.717) is 13.1 Å². The average molecular weight is 159 g/mol. The van der Waals surface area contributed by atoms with Crippen molar-refractivity contribution < 1.29 is 0 Å². The Hall–Kier alpha value is -0.0951. The van der Waals surface area contributed by atoms with Crippen LogP contribution in [0.15, 0.2) is 0 Å². The zero-order valence-electron chi connectivity index (χ0n) is 7.56. The van der Waals surface area contributed by atoms with E-state index < -0.39 is 0 Å². The summed E-state index contributed by atoms with van der Waals surface area (Å²) in [6.07, 6.45) is 0. The first-order valence-electron chi connectivity index (χ1n) is 3.52. The SMILES string of the molecule is CNC.NCCNCCN.[B]. The van der Waals surface area contributed by atoms with Gasteiger partial charge in [0.15, 0.2) is 0 Å². The molecule has 0 aromatic carbocycles. The molecule has 0 saturated carbocycles. The van der Waals surface area contributed by atoms with E-state index in [2.05, 4.69) is 10.6 Å². The molecule has 0 rings (SSSR count). The zero-order valence-corrected chi connectivity index (χ0v) is 7.56. The van der Waals surface area contributed by atoms with Crippen molar-refractivity contribution in [2.24, 2.45) is 11.5 Å². The van der Waals surface area contributed by atoms with Crippen molar-refractivity contribution in [3.63, 3.8) is 0 Å². The fourth-order valence-electron chi connectivity index (χ4n) is 0.329. The second-order valence-electron chi connectivity index (χ2n) is 1.83. The van der Waals surface area contributed by atoms with E-state index in [4.69, 9.17) is 11.5 Å². The third kappa shape index (κ3) is 40.6. The maximum Gasteiger partial charge on any atom is 0.00750 e. The van der Waals surface area contributed by atoms with E-state index in [1.165, 1.54) is 0 Å². The predicted molar refractivity (Wildman–Crippen MR) is 51.7 cm³/mol. The molecule has 3 radical (unpaired) electrons. The summed E-state index contributed by atoms with van der Waals surface area (Å²) in [5.41, 5.74) is 10.3. The Morgan fingerprint density at radius 3 is 1.45 bits per heavy atom. The van der Waals surface area contributed by atoms with E-state index in [0.717, 1.165) is 13.1 Å². The second-order valence-corrected chi connectivity index (χ2v) is 1.83. The van der Waals surface area contributed by atoms with Crippen LogP contribution in [0.2, 0.25) is 0 Å². The first kappa shape index (κ1) is 17.1. The van der Waals surface area contributed by atoms with Gasteiger partial charge in [0, 0.05) is 34.6 Å². The van der Waals surface area contributed by atoms with Gasteiger partial charge in [-0.2, -0.15) is 0 Å². The monoisotopic (exact) mass is 159 g/mol. The van der Waals surface area contributed by atoms with Crippen molar-refractivity contribution in [3.05, 3.63) is 0 Å². The summed E-state index contributed by atoms with van der Waals surface area (Å²) in [5.74, 6) is 0. The molecule has 11 heavy (non-hydrogen) atoms. The van der Waals surface area contributed by atoms with E-state index in [1.807, 2.05) is 14.1 Å². The first-order valence-corrected chi connectivity index (χ1v) is 3.52. The van der Waals surface area contributed by atoms with Crippen LogP contribution in [0.4, 0.5) is 0 Å². The van der Waals surface area contributed by atoms with Gasteiger partial charge in [-0.3, -0.25) is 0 Å². The van der Waals surface area contributed by atoms with Crippen LogP contribution in [0.3, 0.4) is 0 Å². The molecule has 0 unspecified atom stereocenters. The Balaban J connectivity index is -0.000000140. The maximum absolute atomic E-state index is 5.17. The maximum atomic E-state index is 5.17. The summed E-state index contributed by atoms with van der Waals surface area (Å²) in [7, 11) is 3.75. The molecule has 6 N–H and O–H groups in total. The van der Waals surface area contributed by atoms with Gasteiger partial charge in [-0.25, -0.2) is 0 Å². The number of nitrogens with two attached hydrogens (primary N) is 2. The van der Waals surface area contributed by atoms with Crippen LogP contribution in [0.25, 0.3) is 0 Å². The van der Waals surface area contributed by atoms with Crippen molar-refractivity contribution in [2.45, 2.75) is 0 Å². The molecule has 0 atom stereocenters. The van der Waals surface area contributed by atoms with Crippen molar-refractivity contribution in [1.29, 1.82) is 0 Å². The van der Waals surface area contributed by atoms with Gasteiger partial charge < -0.3 is 22.1 Å². The molecule has 0 aliphatic carbocycles. The molecular formula is C6H20BN4. The van der Waals surface area contributed by atoms with Gasteiger partial charge in [0.1, 0.15) is 0 Å². The minimum Gasteiger partial charge on any atom is -0.329 e. The van der Waals surface area contributed by atoms with Crippen LogP contribution in [-0.4, -0.2) is 48.7 Å². The highest BCUT2D eigenvalue weighted by Crippen LogP contribution is 1.49. The zero-order chi connectivity index (χ0) is 8.24. The molecule has 0 fully saturated rings. The highest BCUT2D eigenvalue weighted by Gasteiger charge is 1.76. The first-order chi connectivity index (χ1) is 4.83. The van der Waals surface area contributed by atoms with Crippen LogP contribution in [0.1, 0.15) is 0 Å². The van der Waals surface area contributed by atoms with Gasteiger partial charge in [0.25, 0.3) is 0 Å². The molecule has 0 aromatic rings. The van der Waals surface area contributed by atoms with Crippen molar-refractivity contribution in [1.82, 2.24) is 10.6 Å². The molecule has 0 saturated heterocycles. The standard InChI is InChI=1S/C4H13N3.C2H7N.B/c5-1-3-7-4-2-6;1-3-2;/h7H,1-6H2;3H,1-2H3;. The molecule has 67 valence electrons. The number of rotatable bonds is 4. The fourth-order valence-corrected chi connectivity index (χ4v) is 0.329. The number of hydrogen-bond acceptors (Lipinski definition) is 4. The van der Waals surface area contributed by atoms with Gasteiger partial charge in [-0.1, -0.05) is 0 Å². The summed E-state index contributed by atoms with van der Waals surface area (Å²) in [6, 6.07) is 0. The highest BCUT2D eigenvalue weighted by atomic mass is 14.9. The molecule has 0 aliphatic rings. The summed E-state index contributed by atoms with van der Waals surface area (Å²) in [5, 5.41) is 5.78. The van der Waals surface area contributed by atoms with Gasteiger partial charge in [-0.05, 0) is 14.1 Å². The number of hydrogen-bond donors (Lipinski definition) is 4. The van der Waals surface area contributed by atoms with Crippen LogP contribution < -0.4 is 22.1 Å². The lowest BCUT2D eigenvalue weighted by atomic mass is 10.6. The van der Waals surface area contributed by atoms with Crippen molar-refractivity contribution in [2.75, 3.05) is 40.3 Å². The second kappa shape index (κ2) is 22.5. The summed E-state index contributed by atoms with van der Waals surface area (Å²) >= 11 is 0. The lowest BCUT2D eigenvalue weighted by Crippen LogP contribution is -2.27. The minimum atomic E-state index is 0. The lowest BCUT2D eigenvalue weighted by Gasteiger charge is -1.95.